The number of nitrogens with one attached hydrogen (secondary N) is 2. The fraction of sp³-hybridized carbons (Fsp3) is 0.545. The average Bonchev–Trinajstić information content (AvgIpc) is 3.25. The molecular formula is C22H28N4O3S. The van der Waals surface area contributed by atoms with E-state index >= 15 is 0 Å². The van der Waals surface area contributed by atoms with E-state index in [0.717, 1.165) is 31.8 Å². The van der Waals surface area contributed by atoms with Crippen LogP contribution in [0.2, 0.25) is 0 Å². The van der Waals surface area contributed by atoms with Gasteiger partial charge in [0.1, 0.15) is 5.75 Å². The number of morpholine rings is 1. The summed E-state index contributed by atoms with van der Waals surface area (Å²) in [5.74, 6) is 1.86. The van der Waals surface area contributed by atoms with Crippen molar-refractivity contribution in [3.63, 3.8) is 0 Å². The Morgan fingerprint density at radius 3 is 2.80 bits per heavy atom. The number of hydrogen-bond acceptors (Lipinski definition) is 7. The number of rotatable bonds is 5. The van der Waals surface area contributed by atoms with Crippen molar-refractivity contribution >= 4 is 17.4 Å². The van der Waals surface area contributed by atoms with Crippen molar-refractivity contribution in [3.05, 3.63) is 40.8 Å². The first-order valence-electron chi connectivity index (χ1n) is 10.8. The number of nitrogens with zero attached hydrogens (tertiary/aromatic N) is 2. The minimum absolute atomic E-state index is 0.00921. The maximum atomic E-state index is 12.8. The van der Waals surface area contributed by atoms with Crippen LogP contribution >= 0.6 is 11.5 Å². The van der Waals surface area contributed by atoms with Crippen molar-refractivity contribution < 1.29 is 14.3 Å². The third-order valence-electron chi connectivity index (χ3n) is 6.67. The van der Waals surface area contributed by atoms with E-state index in [0.29, 0.717) is 35.8 Å². The number of fused-ring (bicyclic) bond motifs is 3. The van der Waals surface area contributed by atoms with Crippen molar-refractivity contribution in [3.8, 4) is 11.6 Å². The molecule has 8 heteroatoms. The first-order valence-corrected chi connectivity index (χ1v) is 11.6. The van der Waals surface area contributed by atoms with Crippen LogP contribution in [0.3, 0.4) is 0 Å². The normalized spacial score (nSPS) is 30.8. The van der Waals surface area contributed by atoms with Crippen molar-refractivity contribution in [1.29, 1.82) is 0 Å². The van der Waals surface area contributed by atoms with Gasteiger partial charge >= 0.3 is 0 Å². The van der Waals surface area contributed by atoms with E-state index in [9.17, 15) is 4.79 Å². The lowest BCUT2D eigenvalue weighted by Gasteiger charge is -2.49. The molecular weight excluding hydrogens is 400 g/mol. The zero-order chi connectivity index (χ0) is 20.5. The van der Waals surface area contributed by atoms with E-state index in [1.165, 1.54) is 24.4 Å². The Kier molecular flexibility index (Phi) is 5.73. The summed E-state index contributed by atoms with van der Waals surface area (Å²) in [7, 11) is 0. The zero-order valence-electron chi connectivity index (χ0n) is 17.2. The molecule has 2 N–H and O–H groups in total. The third kappa shape index (κ3) is 3.97. The molecule has 4 aliphatic heterocycles. The van der Waals surface area contributed by atoms with Gasteiger partial charge in [0.25, 0.3) is 5.91 Å². The number of benzene rings is 1. The Labute approximate surface area is 180 Å². The Morgan fingerprint density at radius 2 is 2.10 bits per heavy atom. The van der Waals surface area contributed by atoms with Crippen molar-refractivity contribution in [2.75, 3.05) is 32.8 Å². The first-order chi connectivity index (χ1) is 14.7. The monoisotopic (exact) mass is 428 g/mol. The van der Waals surface area contributed by atoms with Gasteiger partial charge < -0.3 is 20.1 Å². The number of piperidine rings is 3. The standard InChI is InChI=1S/C22H28N4O3S/c1-14-20(15-6-9-26(14)10-7-15)24-21(27)16-2-4-17(5-3-16)29-22-18(13-30-25-22)19-12-28-11-8-23-19/h2-5,13-15,19-20,23H,6-12H2,1H3,(H,24,27)/t14-,19?,20-/m0/s1. The van der Waals surface area contributed by atoms with Gasteiger partial charge in [-0.15, -0.1) is 0 Å². The third-order valence-corrected chi connectivity index (χ3v) is 7.30. The van der Waals surface area contributed by atoms with E-state index < -0.39 is 0 Å². The minimum Gasteiger partial charge on any atom is -0.438 e. The molecule has 0 radical (unpaired) electrons. The second-order valence-electron chi connectivity index (χ2n) is 8.40. The molecule has 0 aliphatic carbocycles. The summed E-state index contributed by atoms with van der Waals surface area (Å²) in [5.41, 5.74) is 1.67. The minimum atomic E-state index is -0.00921. The summed E-state index contributed by atoms with van der Waals surface area (Å²) in [6, 6.07) is 8.06. The Bertz CT molecular complexity index is 871. The SMILES string of the molecule is C[C@H]1[C@H](NC(=O)c2ccc(Oc3nscc3C3COCCN3)cc2)C2CCN1CC2. The Hall–Kier alpha value is -2.00. The van der Waals surface area contributed by atoms with Gasteiger partial charge in [-0.3, -0.25) is 9.69 Å². The number of ether oxygens (including phenoxy) is 2. The van der Waals surface area contributed by atoms with E-state index in [1.54, 1.807) is 0 Å². The molecule has 160 valence electrons. The first kappa shape index (κ1) is 19.9. The molecule has 7 nitrogen and oxygen atoms in total. The van der Waals surface area contributed by atoms with E-state index in [4.69, 9.17) is 9.47 Å². The van der Waals surface area contributed by atoms with E-state index in [1.807, 2.05) is 29.6 Å². The van der Waals surface area contributed by atoms with Gasteiger partial charge in [0, 0.05) is 35.1 Å². The van der Waals surface area contributed by atoms with Crippen molar-refractivity contribution in [2.45, 2.75) is 37.9 Å². The van der Waals surface area contributed by atoms with Crippen molar-refractivity contribution in [2.24, 2.45) is 5.92 Å². The molecule has 4 fully saturated rings. The lowest BCUT2D eigenvalue weighted by atomic mass is 9.79. The van der Waals surface area contributed by atoms with Crippen LogP contribution in [0.1, 0.15) is 41.7 Å². The molecule has 2 aromatic rings. The predicted octanol–water partition coefficient (Wildman–Crippen LogP) is 2.81. The number of hydrogen-bond donors (Lipinski definition) is 2. The largest absolute Gasteiger partial charge is 0.438 e. The highest BCUT2D eigenvalue weighted by atomic mass is 32.1. The lowest BCUT2D eigenvalue weighted by Crippen LogP contribution is -2.62. The van der Waals surface area contributed by atoms with Crippen LogP contribution in [0.25, 0.3) is 0 Å². The summed E-state index contributed by atoms with van der Waals surface area (Å²) >= 11 is 1.37. The van der Waals surface area contributed by atoms with Crippen LogP contribution in [-0.4, -0.2) is 60.1 Å². The maximum absolute atomic E-state index is 12.8. The van der Waals surface area contributed by atoms with Crippen LogP contribution in [-0.2, 0) is 4.74 Å². The number of amides is 1. The topological polar surface area (TPSA) is 75.7 Å². The summed E-state index contributed by atoms with van der Waals surface area (Å²) in [6.45, 7) is 6.71. The number of aromatic nitrogens is 1. The highest BCUT2D eigenvalue weighted by Gasteiger charge is 2.40. The summed E-state index contributed by atoms with van der Waals surface area (Å²) in [6.07, 6.45) is 2.36. The number of carbonyl (C=O) groups is 1. The van der Waals surface area contributed by atoms with Gasteiger partial charge in [-0.2, -0.15) is 4.37 Å². The van der Waals surface area contributed by atoms with Crippen LogP contribution in [0.15, 0.2) is 29.6 Å². The van der Waals surface area contributed by atoms with E-state index in [2.05, 4.69) is 26.8 Å². The summed E-state index contributed by atoms with van der Waals surface area (Å²) < 4.78 is 16.0. The number of carbonyl (C=O) groups excluding carboxylic acids is 1. The molecule has 3 atom stereocenters. The lowest BCUT2D eigenvalue weighted by molar-refractivity contribution is 0.0217. The average molecular weight is 429 g/mol. The second kappa shape index (κ2) is 8.63. The molecule has 5 heterocycles. The van der Waals surface area contributed by atoms with Crippen LogP contribution in [0.5, 0.6) is 11.6 Å². The van der Waals surface area contributed by atoms with Gasteiger partial charge in [-0.25, -0.2) is 0 Å². The van der Waals surface area contributed by atoms with Gasteiger partial charge in [0.15, 0.2) is 0 Å². The molecule has 4 aliphatic rings. The molecule has 0 saturated carbocycles. The molecule has 2 bridgehead atoms. The summed E-state index contributed by atoms with van der Waals surface area (Å²) in [5, 5.41) is 8.71. The fourth-order valence-electron chi connectivity index (χ4n) is 4.87. The highest BCUT2D eigenvalue weighted by Crippen LogP contribution is 2.33. The van der Waals surface area contributed by atoms with Crippen LogP contribution in [0, 0.1) is 5.92 Å². The smallest absolute Gasteiger partial charge is 0.251 e. The van der Waals surface area contributed by atoms with Gasteiger partial charge in [-0.1, -0.05) is 0 Å². The Balaban J connectivity index is 1.23. The molecule has 1 aromatic heterocycles. The predicted molar refractivity (Wildman–Crippen MR) is 115 cm³/mol. The highest BCUT2D eigenvalue weighted by molar-refractivity contribution is 7.03. The van der Waals surface area contributed by atoms with Gasteiger partial charge in [-0.05, 0) is 74.6 Å². The van der Waals surface area contributed by atoms with Crippen LogP contribution < -0.4 is 15.4 Å². The maximum Gasteiger partial charge on any atom is 0.251 e. The quantitative estimate of drug-likeness (QED) is 0.763. The Morgan fingerprint density at radius 1 is 1.30 bits per heavy atom. The molecule has 30 heavy (non-hydrogen) atoms. The van der Waals surface area contributed by atoms with Gasteiger partial charge in [0.2, 0.25) is 5.88 Å². The molecule has 6 rings (SSSR count). The molecule has 1 unspecified atom stereocenters. The van der Waals surface area contributed by atoms with Gasteiger partial charge in [0.05, 0.1) is 19.3 Å². The molecule has 0 spiro atoms. The molecule has 1 aromatic carbocycles. The van der Waals surface area contributed by atoms with Crippen LogP contribution in [0.4, 0.5) is 0 Å². The van der Waals surface area contributed by atoms with Crippen molar-refractivity contribution in [1.82, 2.24) is 19.9 Å². The molecule has 1 amide bonds. The molecule has 4 saturated heterocycles. The zero-order valence-corrected chi connectivity index (χ0v) is 18.0. The summed E-state index contributed by atoms with van der Waals surface area (Å²) in [4.78, 5) is 15.3. The fourth-order valence-corrected chi connectivity index (χ4v) is 5.54. The second-order valence-corrected chi connectivity index (χ2v) is 9.03. The van der Waals surface area contributed by atoms with E-state index in [-0.39, 0.29) is 18.0 Å².